The number of carbonyl (C=O) groups is 4. The summed E-state index contributed by atoms with van der Waals surface area (Å²) in [6, 6.07) is 18.4. The van der Waals surface area contributed by atoms with Crippen molar-refractivity contribution >= 4 is 64.5 Å². The summed E-state index contributed by atoms with van der Waals surface area (Å²) in [5.41, 5.74) is 4.08. The molecular weight excluding hydrogens is 989 g/mol. The van der Waals surface area contributed by atoms with E-state index in [1.807, 2.05) is 44.9 Å². The number of aromatic carboxylic acids is 1. The van der Waals surface area contributed by atoms with E-state index in [1.54, 1.807) is 55.7 Å². The lowest BCUT2D eigenvalue weighted by molar-refractivity contribution is 0.0696. The van der Waals surface area contributed by atoms with Gasteiger partial charge in [-0.2, -0.15) is 9.97 Å². The molecule has 0 unspecified atom stereocenters. The Morgan fingerprint density at radius 1 is 0.632 bits per heavy atom. The number of amides is 5. The third-order valence-corrected chi connectivity index (χ3v) is 12.1. The first-order valence-electron chi connectivity index (χ1n) is 23.7. The molecule has 7 aromatic rings. The molecular formula is C53H52F4N14O5. The first-order chi connectivity index (χ1) is 36.4. The molecule has 0 bridgehead atoms. The number of anilines is 7. The lowest BCUT2D eigenvalue weighted by atomic mass is 9.97. The first-order valence-corrected chi connectivity index (χ1v) is 23.7. The van der Waals surface area contributed by atoms with Crippen LogP contribution < -0.4 is 36.4 Å². The number of rotatable bonds is 15. The highest BCUT2D eigenvalue weighted by atomic mass is 19.1. The van der Waals surface area contributed by atoms with E-state index >= 15 is 0 Å². The molecule has 0 radical (unpaired) electrons. The van der Waals surface area contributed by atoms with Gasteiger partial charge in [0.1, 0.15) is 34.6 Å². The molecule has 0 atom stereocenters. The molecule has 3 aromatic heterocycles. The quantitative estimate of drug-likeness (QED) is 0.0530. The minimum absolute atomic E-state index is 0.00914. The molecule has 392 valence electrons. The standard InChI is InChI=1S/C29H28F2N8O2.C24H24F2N6O3/c1-17-9-10-18(27(40)35-19-6-5-11-32-15-19)14-20(17)24-21-16-34-29(41)39(25-22(30)7-4-8-23(25)31)26(21)37-28(36-24)33-12-13-38(2)3;1-13-7-8-14(22(33)34)11-15(13)19-16-12-28-24(35)32(20-17(25)5-4-6-18(20)26)21(16)30-23(29-19)27-9-10-31(2)3/h4-11,14-15H,12-13,16H2,1-3H3,(H,34,41)(H,35,40)(H,33,36,37);4-8,11H,9-10,12H2,1-3H3,(H,28,35)(H,33,34)(H,27,29,30). The Hall–Kier alpha value is -9.09. The van der Waals surface area contributed by atoms with E-state index < -0.39 is 52.7 Å². The number of benzene rings is 4. The normalized spacial score (nSPS) is 12.8. The summed E-state index contributed by atoms with van der Waals surface area (Å²) in [6.07, 6.45) is 3.15. The Kier molecular flexibility index (Phi) is 16.1. The van der Waals surface area contributed by atoms with Gasteiger partial charge in [0.15, 0.2) is 11.6 Å². The third kappa shape index (κ3) is 11.6. The maximum atomic E-state index is 14.9. The number of hydrogen-bond donors (Lipinski definition) is 6. The van der Waals surface area contributed by atoms with Gasteiger partial charge in [-0.05, 0) is 114 Å². The largest absolute Gasteiger partial charge is 0.478 e. The highest BCUT2D eigenvalue weighted by Crippen LogP contribution is 2.41. The van der Waals surface area contributed by atoms with Crippen LogP contribution in [-0.4, -0.2) is 118 Å². The molecule has 5 amide bonds. The predicted molar refractivity (Wildman–Crippen MR) is 279 cm³/mol. The van der Waals surface area contributed by atoms with E-state index in [0.717, 1.165) is 45.2 Å². The zero-order chi connectivity index (χ0) is 54.4. The van der Waals surface area contributed by atoms with Crippen molar-refractivity contribution < 1.29 is 41.8 Å². The van der Waals surface area contributed by atoms with Crippen LogP contribution in [0.2, 0.25) is 0 Å². The molecule has 0 spiro atoms. The zero-order valence-corrected chi connectivity index (χ0v) is 42.1. The fourth-order valence-corrected chi connectivity index (χ4v) is 8.19. The summed E-state index contributed by atoms with van der Waals surface area (Å²) in [5, 5.41) is 23.8. The minimum atomic E-state index is -1.11. The van der Waals surface area contributed by atoms with E-state index in [4.69, 9.17) is 4.98 Å². The number of para-hydroxylation sites is 2. The summed E-state index contributed by atoms with van der Waals surface area (Å²) in [4.78, 5) is 78.6. The van der Waals surface area contributed by atoms with Gasteiger partial charge in [-0.15, -0.1) is 0 Å². The molecule has 0 saturated carbocycles. The second-order valence-electron chi connectivity index (χ2n) is 18.0. The van der Waals surface area contributed by atoms with Crippen molar-refractivity contribution in [3.8, 4) is 22.5 Å². The number of aryl methyl sites for hydroxylation is 2. The van der Waals surface area contributed by atoms with Crippen molar-refractivity contribution in [1.29, 1.82) is 0 Å². The van der Waals surface area contributed by atoms with Crippen LogP contribution in [0, 0.1) is 37.1 Å². The van der Waals surface area contributed by atoms with E-state index in [2.05, 4.69) is 46.5 Å². The number of nitrogens with one attached hydrogen (secondary N) is 5. The number of carbonyl (C=O) groups excluding carboxylic acids is 3. The van der Waals surface area contributed by atoms with Gasteiger partial charge in [0.25, 0.3) is 5.91 Å². The number of urea groups is 2. The Morgan fingerprint density at radius 2 is 1.08 bits per heavy atom. The van der Waals surface area contributed by atoms with Gasteiger partial charge >= 0.3 is 18.0 Å². The van der Waals surface area contributed by atoms with E-state index in [0.29, 0.717) is 71.1 Å². The molecule has 0 fully saturated rings. The van der Waals surface area contributed by atoms with Gasteiger partial charge in [-0.1, -0.05) is 24.3 Å². The highest BCUT2D eigenvalue weighted by molar-refractivity contribution is 6.06. The minimum Gasteiger partial charge on any atom is -0.478 e. The Labute approximate surface area is 434 Å². The van der Waals surface area contributed by atoms with Crippen molar-refractivity contribution in [3.63, 3.8) is 0 Å². The Morgan fingerprint density at radius 3 is 1.50 bits per heavy atom. The van der Waals surface area contributed by atoms with Crippen LogP contribution in [0.1, 0.15) is 43.0 Å². The van der Waals surface area contributed by atoms with Crippen LogP contribution in [-0.2, 0) is 13.1 Å². The van der Waals surface area contributed by atoms with Crippen LogP contribution >= 0.6 is 0 Å². The summed E-state index contributed by atoms with van der Waals surface area (Å²) in [7, 11) is 7.63. The molecule has 23 heteroatoms. The molecule has 19 nitrogen and oxygen atoms in total. The number of halogens is 4. The van der Waals surface area contributed by atoms with Gasteiger partial charge < -0.3 is 41.5 Å². The second kappa shape index (κ2) is 23.0. The third-order valence-electron chi connectivity index (χ3n) is 12.1. The van der Waals surface area contributed by atoms with E-state index in [-0.39, 0.29) is 48.1 Å². The van der Waals surface area contributed by atoms with Crippen LogP contribution in [0.3, 0.4) is 0 Å². The van der Waals surface area contributed by atoms with Gasteiger partial charge in [-0.3, -0.25) is 9.78 Å². The van der Waals surface area contributed by atoms with E-state index in [9.17, 15) is 41.8 Å². The van der Waals surface area contributed by atoms with E-state index in [1.165, 1.54) is 24.3 Å². The number of carboxylic acids is 1. The molecule has 9 rings (SSSR count). The molecule has 6 N–H and O–H groups in total. The Bertz CT molecular complexity index is 3330. The van der Waals surface area contributed by atoms with Gasteiger partial charge in [-0.25, -0.2) is 51.7 Å². The molecule has 4 aromatic carbocycles. The summed E-state index contributed by atoms with van der Waals surface area (Å²) in [6.45, 7) is 5.90. The van der Waals surface area contributed by atoms with Crippen molar-refractivity contribution in [2.75, 3.05) is 80.1 Å². The number of likely N-dealkylation sites (N-methyl/N-ethyl adjacent to an activating group) is 2. The topological polar surface area (TPSA) is 226 Å². The van der Waals surface area contributed by atoms with Crippen LogP contribution in [0.25, 0.3) is 22.5 Å². The summed E-state index contributed by atoms with van der Waals surface area (Å²) >= 11 is 0. The van der Waals surface area contributed by atoms with Crippen molar-refractivity contribution in [2.45, 2.75) is 26.9 Å². The smallest absolute Gasteiger partial charge is 0.335 e. The molecule has 0 aliphatic carbocycles. The molecule has 2 aliphatic heterocycles. The number of carboxylic acid groups (broad SMARTS) is 1. The SMILES string of the molecule is Cc1ccc(C(=O)Nc2cccnc2)cc1-c1nc(NCCN(C)C)nc2c1CNC(=O)N2c1c(F)cccc1F.Cc1ccc(C(=O)O)cc1-c1nc(NCCN(C)C)nc2c1CNC(=O)N2c1c(F)cccc1F. The average Bonchev–Trinajstić information content (AvgIpc) is 3.41. The monoisotopic (exact) mass is 1040 g/mol. The molecule has 2 aliphatic rings. The zero-order valence-electron chi connectivity index (χ0n) is 42.1. The van der Waals surface area contributed by atoms with Crippen LogP contribution in [0.5, 0.6) is 0 Å². The van der Waals surface area contributed by atoms with Gasteiger partial charge in [0, 0.05) is 60.2 Å². The van der Waals surface area contributed by atoms with Crippen molar-refractivity contribution in [1.82, 2.24) is 45.4 Å². The number of fused-ring (bicyclic) bond motifs is 2. The fourth-order valence-electron chi connectivity index (χ4n) is 8.19. The van der Waals surface area contributed by atoms with Gasteiger partial charge in [0.2, 0.25) is 11.9 Å². The average molecular weight is 1040 g/mol. The molecule has 5 heterocycles. The maximum absolute atomic E-state index is 14.9. The lowest BCUT2D eigenvalue weighted by Gasteiger charge is -2.31. The summed E-state index contributed by atoms with van der Waals surface area (Å²) < 4.78 is 59.3. The second-order valence-corrected chi connectivity index (χ2v) is 18.0. The molecule has 76 heavy (non-hydrogen) atoms. The number of nitrogens with zero attached hydrogens (tertiary/aromatic N) is 9. The van der Waals surface area contributed by atoms with Gasteiger partial charge in [0.05, 0.1) is 41.9 Å². The first kappa shape index (κ1) is 53.2. The predicted octanol–water partition coefficient (Wildman–Crippen LogP) is 8.48. The van der Waals surface area contributed by atoms with Crippen LogP contribution in [0.15, 0.2) is 97.3 Å². The highest BCUT2D eigenvalue weighted by Gasteiger charge is 2.36. The van der Waals surface area contributed by atoms with Crippen LogP contribution in [0.4, 0.5) is 67.7 Å². The maximum Gasteiger partial charge on any atom is 0.335 e. The lowest BCUT2D eigenvalue weighted by Crippen LogP contribution is -2.43. The fraction of sp³-hybridized carbons (Fsp3) is 0.226. The number of pyridine rings is 1. The number of hydrogen-bond acceptors (Lipinski definition) is 13. The van der Waals surface area contributed by atoms with Crippen molar-refractivity contribution in [3.05, 3.63) is 154 Å². The summed E-state index contributed by atoms with van der Waals surface area (Å²) in [5.74, 6) is -4.80. The molecule has 0 saturated heterocycles. The number of aromatic nitrogens is 5. The Balaban J connectivity index is 0.000000204. The van der Waals surface area contributed by atoms with Crippen molar-refractivity contribution in [2.24, 2.45) is 0 Å².